The van der Waals surface area contributed by atoms with Gasteiger partial charge in [-0.25, -0.2) is 0 Å². The van der Waals surface area contributed by atoms with E-state index in [1.54, 1.807) is 7.11 Å². The number of carbonyl (C=O) groups excluding carboxylic acids is 1. The summed E-state index contributed by atoms with van der Waals surface area (Å²) in [7, 11) is 1.60. The molecule has 0 bridgehead atoms. The van der Waals surface area contributed by atoms with Gasteiger partial charge in [0.1, 0.15) is 5.75 Å². The maximum atomic E-state index is 11.9. The molecule has 0 saturated heterocycles. The molecule has 2 aromatic rings. The number of halogens is 1. The minimum atomic E-state index is -0.304. The summed E-state index contributed by atoms with van der Waals surface area (Å²) in [4.78, 5) is 11.9. The molecule has 2 rings (SSSR count). The van der Waals surface area contributed by atoms with Crippen LogP contribution in [0.1, 0.15) is 29.1 Å². The lowest BCUT2D eigenvalue weighted by atomic mass is 10.1. The second-order valence-electron chi connectivity index (χ2n) is 4.08. The van der Waals surface area contributed by atoms with Gasteiger partial charge in [0.05, 0.1) is 13.2 Å². The van der Waals surface area contributed by atoms with Crippen LogP contribution in [0.15, 0.2) is 40.8 Å². The summed E-state index contributed by atoms with van der Waals surface area (Å²) in [5.74, 6) is 0.640. The number of carbonyl (C=O) groups is 1. The predicted molar refractivity (Wildman–Crippen MR) is 72.6 cm³/mol. The molecule has 1 unspecified atom stereocenters. The van der Waals surface area contributed by atoms with Crippen molar-refractivity contribution in [1.82, 2.24) is 5.32 Å². The smallest absolute Gasteiger partial charge is 0.287 e. The fraction of sp³-hybridized carbons (Fsp3) is 0.214. The lowest BCUT2D eigenvalue weighted by Gasteiger charge is -2.14. The highest BCUT2D eigenvalue weighted by Crippen LogP contribution is 2.20. The van der Waals surface area contributed by atoms with E-state index >= 15 is 0 Å². The third kappa shape index (κ3) is 3.29. The monoisotopic (exact) mass is 279 g/mol. The average Bonchev–Trinajstić information content (AvgIpc) is 2.85. The normalized spacial score (nSPS) is 11.9. The fourth-order valence-electron chi connectivity index (χ4n) is 1.70. The number of benzene rings is 1. The number of hydrogen-bond acceptors (Lipinski definition) is 3. The topological polar surface area (TPSA) is 51.5 Å². The van der Waals surface area contributed by atoms with E-state index < -0.39 is 0 Å². The Kier molecular flexibility index (Phi) is 4.12. The van der Waals surface area contributed by atoms with Crippen LogP contribution in [-0.2, 0) is 0 Å². The second kappa shape index (κ2) is 5.80. The molecule has 4 nitrogen and oxygen atoms in total. The van der Waals surface area contributed by atoms with Gasteiger partial charge in [-0.05, 0) is 48.4 Å². The Morgan fingerprint density at radius 2 is 2.16 bits per heavy atom. The number of methoxy groups -OCH3 is 1. The minimum absolute atomic E-state index is 0.161. The lowest BCUT2D eigenvalue weighted by Crippen LogP contribution is -2.26. The highest BCUT2D eigenvalue weighted by molar-refractivity contribution is 6.29. The van der Waals surface area contributed by atoms with Crippen LogP contribution in [0, 0.1) is 0 Å². The van der Waals surface area contributed by atoms with Gasteiger partial charge in [0.15, 0.2) is 11.0 Å². The molecule has 1 heterocycles. The molecule has 0 radical (unpaired) electrons. The molecule has 0 aliphatic heterocycles. The number of nitrogens with one attached hydrogen (secondary N) is 1. The first-order chi connectivity index (χ1) is 9.10. The van der Waals surface area contributed by atoms with Gasteiger partial charge in [-0.3, -0.25) is 4.79 Å². The Hall–Kier alpha value is -1.94. The van der Waals surface area contributed by atoms with Crippen molar-refractivity contribution in [3.05, 3.63) is 52.9 Å². The zero-order valence-electron chi connectivity index (χ0n) is 10.6. The molecule has 1 atom stereocenters. The van der Waals surface area contributed by atoms with Crippen LogP contribution in [0.3, 0.4) is 0 Å². The summed E-state index contributed by atoms with van der Waals surface area (Å²) in [6.07, 6.45) is 0. The zero-order chi connectivity index (χ0) is 13.8. The maximum absolute atomic E-state index is 11.9. The SMILES string of the molecule is COc1cccc(C(C)NC(=O)c2ccc(Cl)o2)c1. The van der Waals surface area contributed by atoms with E-state index in [2.05, 4.69) is 5.32 Å². The van der Waals surface area contributed by atoms with Crippen LogP contribution in [0.5, 0.6) is 5.75 Å². The first-order valence-electron chi connectivity index (χ1n) is 5.80. The van der Waals surface area contributed by atoms with E-state index in [0.29, 0.717) is 0 Å². The Balaban J connectivity index is 2.08. The zero-order valence-corrected chi connectivity index (χ0v) is 11.4. The summed E-state index contributed by atoms with van der Waals surface area (Å²) in [5, 5.41) is 3.02. The molecule has 19 heavy (non-hydrogen) atoms. The maximum Gasteiger partial charge on any atom is 0.287 e. The highest BCUT2D eigenvalue weighted by Gasteiger charge is 2.14. The molecule has 0 aliphatic carbocycles. The van der Waals surface area contributed by atoms with Crippen molar-refractivity contribution in [3.8, 4) is 5.75 Å². The fourth-order valence-corrected chi connectivity index (χ4v) is 1.84. The minimum Gasteiger partial charge on any atom is -0.497 e. The van der Waals surface area contributed by atoms with Gasteiger partial charge < -0.3 is 14.5 Å². The van der Waals surface area contributed by atoms with Gasteiger partial charge in [-0.1, -0.05) is 12.1 Å². The third-order valence-corrected chi connectivity index (χ3v) is 2.94. The highest BCUT2D eigenvalue weighted by atomic mass is 35.5. The molecule has 5 heteroatoms. The number of amides is 1. The average molecular weight is 280 g/mol. The van der Waals surface area contributed by atoms with Gasteiger partial charge in [0.25, 0.3) is 5.91 Å². The number of rotatable bonds is 4. The molecule has 0 spiro atoms. The van der Waals surface area contributed by atoms with E-state index in [0.717, 1.165) is 11.3 Å². The molecule has 1 aromatic heterocycles. The summed E-state index contributed by atoms with van der Waals surface area (Å²) in [5.41, 5.74) is 0.949. The Bertz CT molecular complexity index is 580. The van der Waals surface area contributed by atoms with Gasteiger partial charge in [-0.2, -0.15) is 0 Å². The molecule has 1 amide bonds. The molecule has 1 aromatic carbocycles. The molecule has 1 N–H and O–H groups in total. The Morgan fingerprint density at radius 3 is 2.79 bits per heavy atom. The van der Waals surface area contributed by atoms with Crippen molar-refractivity contribution in [2.24, 2.45) is 0 Å². The summed E-state index contributed by atoms with van der Waals surface area (Å²) >= 11 is 5.63. The van der Waals surface area contributed by atoms with Gasteiger partial charge >= 0.3 is 0 Å². The van der Waals surface area contributed by atoms with Crippen molar-refractivity contribution < 1.29 is 13.9 Å². The van der Waals surface area contributed by atoms with E-state index in [1.165, 1.54) is 12.1 Å². The number of furan rings is 1. The van der Waals surface area contributed by atoms with Crippen molar-refractivity contribution >= 4 is 17.5 Å². The summed E-state index contributed by atoms with van der Waals surface area (Å²) in [6, 6.07) is 10.4. The van der Waals surface area contributed by atoms with Gasteiger partial charge in [-0.15, -0.1) is 0 Å². The van der Waals surface area contributed by atoms with Crippen LogP contribution in [0.2, 0.25) is 5.22 Å². The molecule has 0 aliphatic rings. The van der Waals surface area contributed by atoms with Crippen LogP contribution in [0.25, 0.3) is 0 Å². The molecular weight excluding hydrogens is 266 g/mol. The first-order valence-corrected chi connectivity index (χ1v) is 6.18. The Labute approximate surface area is 116 Å². The van der Waals surface area contributed by atoms with E-state index in [1.807, 2.05) is 31.2 Å². The third-order valence-electron chi connectivity index (χ3n) is 2.74. The van der Waals surface area contributed by atoms with Crippen LogP contribution >= 0.6 is 11.6 Å². The predicted octanol–water partition coefficient (Wildman–Crippen LogP) is 3.43. The van der Waals surface area contributed by atoms with Crippen LogP contribution in [0.4, 0.5) is 0 Å². The van der Waals surface area contributed by atoms with Crippen LogP contribution < -0.4 is 10.1 Å². The lowest BCUT2D eigenvalue weighted by molar-refractivity contribution is 0.0912. The van der Waals surface area contributed by atoms with E-state index in [4.69, 9.17) is 20.8 Å². The number of hydrogen-bond donors (Lipinski definition) is 1. The van der Waals surface area contributed by atoms with Gasteiger partial charge in [0, 0.05) is 0 Å². The van der Waals surface area contributed by atoms with Crippen LogP contribution in [-0.4, -0.2) is 13.0 Å². The molecule has 0 saturated carbocycles. The van der Waals surface area contributed by atoms with Gasteiger partial charge in [0.2, 0.25) is 0 Å². The standard InChI is InChI=1S/C14H14ClNO3/c1-9(10-4-3-5-11(8-10)18-2)16-14(17)12-6-7-13(15)19-12/h3-9H,1-2H3,(H,16,17). The summed E-state index contributed by atoms with van der Waals surface area (Å²) in [6.45, 7) is 1.89. The molecule has 100 valence electrons. The largest absolute Gasteiger partial charge is 0.497 e. The van der Waals surface area contributed by atoms with Crippen molar-refractivity contribution in [2.75, 3.05) is 7.11 Å². The summed E-state index contributed by atoms with van der Waals surface area (Å²) < 4.78 is 10.2. The molecular formula is C14H14ClNO3. The first kappa shape index (κ1) is 13.5. The Morgan fingerprint density at radius 1 is 1.37 bits per heavy atom. The van der Waals surface area contributed by atoms with Crippen molar-refractivity contribution in [1.29, 1.82) is 0 Å². The van der Waals surface area contributed by atoms with E-state index in [-0.39, 0.29) is 22.9 Å². The van der Waals surface area contributed by atoms with E-state index in [9.17, 15) is 4.79 Å². The van der Waals surface area contributed by atoms with Crippen molar-refractivity contribution in [2.45, 2.75) is 13.0 Å². The number of ether oxygens (including phenoxy) is 1. The second-order valence-corrected chi connectivity index (χ2v) is 4.45. The van der Waals surface area contributed by atoms with Crippen molar-refractivity contribution in [3.63, 3.8) is 0 Å². The quantitative estimate of drug-likeness (QED) is 0.933. The molecule has 0 fully saturated rings.